The fourth-order valence-corrected chi connectivity index (χ4v) is 4.56. The molecule has 2 aromatic heterocycles. The predicted octanol–water partition coefficient (Wildman–Crippen LogP) is 1.70. The number of anilines is 1. The Bertz CT molecular complexity index is 1210. The second-order valence-corrected chi connectivity index (χ2v) is 8.63. The monoisotopic (exact) mass is 548 g/mol. The molecule has 3 N–H and O–H groups in total. The van der Waals surface area contributed by atoms with Crippen LogP contribution in [0, 0.1) is 5.41 Å². The zero-order valence-corrected chi connectivity index (χ0v) is 19.6. The highest BCUT2D eigenvalue weighted by Gasteiger charge is 2.49. The van der Waals surface area contributed by atoms with Gasteiger partial charge in [0.15, 0.2) is 5.69 Å². The van der Waals surface area contributed by atoms with Crippen LogP contribution in [0.1, 0.15) is 40.2 Å². The van der Waals surface area contributed by atoms with Crippen molar-refractivity contribution in [3.05, 3.63) is 34.9 Å². The minimum atomic E-state index is -4.94. The molecule has 2 aromatic rings. The summed E-state index contributed by atoms with van der Waals surface area (Å²) in [5.74, 6) is -1.41. The molecule has 4 heterocycles. The summed E-state index contributed by atoms with van der Waals surface area (Å²) in [4.78, 5) is 35.1. The quantitative estimate of drug-likeness (QED) is 0.276. The SMILES string of the molecule is N=Cc1c(C(N)=O)c(C(F)(F)F)nn1CCOCCC(=O)N1C[C@H]2[C@@H]1CCN2c1ncc(C(F)(F)F)cn1. The first-order valence-electron chi connectivity index (χ1n) is 11.3. The van der Waals surface area contributed by atoms with Crippen molar-refractivity contribution in [2.45, 2.75) is 43.8 Å². The van der Waals surface area contributed by atoms with E-state index in [1.807, 2.05) is 0 Å². The van der Waals surface area contributed by atoms with Crippen molar-refractivity contribution in [2.24, 2.45) is 5.73 Å². The minimum absolute atomic E-state index is 0.00310. The molecule has 2 amide bonds. The first kappa shape index (κ1) is 27.3. The molecule has 2 aliphatic heterocycles. The highest BCUT2D eigenvalue weighted by Crippen LogP contribution is 2.36. The Hall–Kier alpha value is -3.76. The van der Waals surface area contributed by atoms with Gasteiger partial charge in [0.1, 0.15) is 0 Å². The molecule has 2 saturated heterocycles. The van der Waals surface area contributed by atoms with Gasteiger partial charge in [-0.05, 0) is 6.42 Å². The van der Waals surface area contributed by atoms with Gasteiger partial charge < -0.3 is 25.7 Å². The highest BCUT2D eigenvalue weighted by molar-refractivity contribution is 6.01. The van der Waals surface area contributed by atoms with Gasteiger partial charge in [0.05, 0.1) is 55.1 Å². The summed E-state index contributed by atoms with van der Waals surface area (Å²) in [5, 5.41) is 10.7. The number of nitrogens with two attached hydrogens (primary N) is 1. The number of fused-ring (bicyclic) bond motifs is 1. The number of rotatable bonds is 9. The van der Waals surface area contributed by atoms with Gasteiger partial charge in [-0.3, -0.25) is 14.3 Å². The van der Waals surface area contributed by atoms with E-state index in [0.717, 1.165) is 17.1 Å². The molecule has 17 heteroatoms. The lowest BCUT2D eigenvalue weighted by Crippen LogP contribution is -2.64. The average Bonchev–Trinajstić information content (AvgIpc) is 3.36. The Morgan fingerprint density at radius 1 is 1.11 bits per heavy atom. The van der Waals surface area contributed by atoms with Crippen LogP contribution in [0.3, 0.4) is 0 Å². The third kappa shape index (κ3) is 5.27. The molecule has 2 aliphatic rings. The van der Waals surface area contributed by atoms with Crippen LogP contribution in [0.4, 0.5) is 32.3 Å². The molecule has 4 rings (SSSR count). The number of alkyl halides is 6. The first-order chi connectivity index (χ1) is 17.8. The summed E-state index contributed by atoms with van der Waals surface area (Å²) in [7, 11) is 0. The molecular formula is C21H22F6N8O3. The van der Waals surface area contributed by atoms with E-state index in [4.69, 9.17) is 15.9 Å². The molecule has 0 bridgehead atoms. The molecule has 2 atom stereocenters. The summed E-state index contributed by atoms with van der Waals surface area (Å²) in [6.45, 7) is 0.435. The Morgan fingerprint density at radius 2 is 1.79 bits per heavy atom. The van der Waals surface area contributed by atoms with Crippen LogP contribution in [0.15, 0.2) is 12.4 Å². The topological polar surface area (TPSA) is 143 Å². The Morgan fingerprint density at radius 3 is 2.37 bits per heavy atom. The van der Waals surface area contributed by atoms with Crippen LogP contribution in [0.2, 0.25) is 0 Å². The summed E-state index contributed by atoms with van der Waals surface area (Å²) >= 11 is 0. The second-order valence-electron chi connectivity index (χ2n) is 8.63. The number of primary amides is 1. The number of nitrogens with zero attached hydrogens (tertiary/aromatic N) is 6. The summed E-state index contributed by atoms with van der Waals surface area (Å²) in [5.41, 5.74) is 1.30. The lowest BCUT2D eigenvalue weighted by atomic mass is 9.96. The van der Waals surface area contributed by atoms with Crippen LogP contribution in [-0.4, -0.2) is 81.1 Å². The molecule has 0 radical (unpaired) electrons. The molecule has 0 aliphatic carbocycles. The number of hydrogen-bond acceptors (Lipinski definition) is 8. The lowest BCUT2D eigenvalue weighted by Gasteiger charge is -2.46. The van der Waals surface area contributed by atoms with Crippen molar-refractivity contribution in [2.75, 3.05) is 31.2 Å². The first-order valence-corrected chi connectivity index (χ1v) is 11.3. The van der Waals surface area contributed by atoms with E-state index >= 15 is 0 Å². The molecule has 0 aromatic carbocycles. The third-order valence-electron chi connectivity index (χ3n) is 6.39. The van der Waals surface area contributed by atoms with Gasteiger partial charge in [-0.1, -0.05) is 0 Å². The maximum Gasteiger partial charge on any atom is 0.435 e. The van der Waals surface area contributed by atoms with Gasteiger partial charge in [0.2, 0.25) is 11.9 Å². The molecule has 0 saturated carbocycles. The fraction of sp³-hybridized carbons (Fsp3) is 0.524. The van der Waals surface area contributed by atoms with E-state index in [9.17, 15) is 35.9 Å². The maximum absolute atomic E-state index is 13.2. The summed E-state index contributed by atoms with van der Waals surface area (Å²) in [6.07, 6.45) is -6.89. The molecule has 0 spiro atoms. The van der Waals surface area contributed by atoms with Crippen molar-refractivity contribution in [1.82, 2.24) is 24.6 Å². The molecule has 206 valence electrons. The number of ether oxygens (including phenoxy) is 1. The van der Waals surface area contributed by atoms with Gasteiger partial charge in [0.25, 0.3) is 5.91 Å². The van der Waals surface area contributed by atoms with Gasteiger partial charge >= 0.3 is 12.4 Å². The van der Waals surface area contributed by atoms with E-state index < -0.39 is 40.8 Å². The second kappa shape index (κ2) is 10.2. The predicted molar refractivity (Wildman–Crippen MR) is 117 cm³/mol. The molecule has 38 heavy (non-hydrogen) atoms. The van der Waals surface area contributed by atoms with Crippen LogP contribution in [0.5, 0.6) is 0 Å². The van der Waals surface area contributed by atoms with E-state index in [-0.39, 0.29) is 50.1 Å². The third-order valence-corrected chi connectivity index (χ3v) is 6.39. The lowest BCUT2D eigenvalue weighted by molar-refractivity contribution is -0.142. The van der Waals surface area contributed by atoms with Crippen molar-refractivity contribution in [3.63, 3.8) is 0 Å². The standard InChI is InChI=1S/C21H22F6N8O3/c22-20(23,24)11-8-30-19(31-9-11)33-3-1-12-14(33)10-34(12)15(36)2-5-38-6-4-35-13(7-28)16(18(29)37)17(32-35)21(25,26)27/h7-9,12,14,28H,1-6,10H2,(H2,29,37)/t12-,14-/m0/s1. The van der Waals surface area contributed by atoms with Crippen LogP contribution >= 0.6 is 0 Å². The summed E-state index contributed by atoms with van der Waals surface area (Å²) in [6, 6.07) is -0.251. The molecule has 0 unspecified atom stereocenters. The number of carbonyl (C=O) groups is 2. The summed E-state index contributed by atoms with van der Waals surface area (Å²) < 4.78 is 83.9. The largest absolute Gasteiger partial charge is 0.435 e. The van der Waals surface area contributed by atoms with E-state index in [0.29, 0.717) is 25.7 Å². The number of halogens is 6. The van der Waals surface area contributed by atoms with Crippen LogP contribution in [-0.2, 0) is 28.4 Å². The maximum atomic E-state index is 13.2. The van der Waals surface area contributed by atoms with Crippen molar-refractivity contribution < 1.29 is 40.7 Å². The smallest absolute Gasteiger partial charge is 0.379 e. The Balaban J connectivity index is 1.25. The Labute approximate surface area is 211 Å². The van der Waals surface area contributed by atoms with Crippen molar-refractivity contribution in [1.29, 1.82) is 5.41 Å². The number of carbonyl (C=O) groups excluding carboxylic acids is 2. The number of amides is 2. The van der Waals surface area contributed by atoms with Gasteiger partial charge in [-0.15, -0.1) is 0 Å². The number of nitrogens with one attached hydrogen (secondary N) is 1. The number of aromatic nitrogens is 4. The van der Waals surface area contributed by atoms with Crippen LogP contribution < -0.4 is 10.6 Å². The van der Waals surface area contributed by atoms with Crippen molar-refractivity contribution >= 4 is 24.0 Å². The fourth-order valence-electron chi connectivity index (χ4n) is 4.56. The number of hydrogen-bond donors (Lipinski definition) is 2. The zero-order chi connectivity index (χ0) is 27.8. The highest BCUT2D eigenvalue weighted by atomic mass is 19.4. The minimum Gasteiger partial charge on any atom is -0.379 e. The van der Waals surface area contributed by atoms with E-state index in [1.165, 1.54) is 0 Å². The molecular weight excluding hydrogens is 526 g/mol. The Kier molecular flexibility index (Phi) is 7.31. The number of likely N-dealkylation sites (tertiary alicyclic amines) is 1. The van der Waals surface area contributed by atoms with Crippen molar-refractivity contribution in [3.8, 4) is 0 Å². The normalized spacial score (nSPS) is 19.3. The molecule has 11 nitrogen and oxygen atoms in total. The van der Waals surface area contributed by atoms with Crippen LogP contribution in [0.25, 0.3) is 0 Å². The zero-order valence-electron chi connectivity index (χ0n) is 19.6. The van der Waals surface area contributed by atoms with Gasteiger partial charge in [-0.2, -0.15) is 31.4 Å². The molecule has 2 fully saturated rings. The van der Waals surface area contributed by atoms with Gasteiger partial charge in [0, 0.05) is 31.7 Å². The van der Waals surface area contributed by atoms with E-state index in [2.05, 4.69) is 15.1 Å². The van der Waals surface area contributed by atoms with E-state index in [1.54, 1.807) is 9.80 Å². The average molecular weight is 548 g/mol. The van der Waals surface area contributed by atoms with Gasteiger partial charge in [-0.25, -0.2) is 9.97 Å².